The monoisotopic (exact) mass is 1580 g/mol. The third-order valence-electron chi connectivity index (χ3n) is 23.4. The van der Waals surface area contributed by atoms with Crippen LogP contribution in [0.3, 0.4) is 0 Å². The zero-order chi connectivity index (χ0) is 80.6. The lowest BCUT2D eigenvalue weighted by atomic mass is 9.85. The van der Waals surface area contributed by atoms with Gasteiger partial charge >= 0.3 is 36.0 Å². The summed E-state index contributed by atoms with van der Waals surface area (Å²) in [4.78, 5) is 99.0. The van der Waals surface area contributed by atoms with Crippen molar-refractivity contribution in [2.75, 3.05) is 26.4 Å². The number of carbonyl (C=O) groups is 7. The van der Waals surface area contributed by atoms with Crippen molar-refractivity contribution in [3.8, 4) is 0 Å². The average Bonchev–Trinajstić information content (AvgIpc) is 1.63. The first-order chi connectivity index (χ1) is 54.9. The Kier molecular flexibility index (Phi) is 65.9. The summed E-state index contributed by atoms with van der Waals surface area (Å²) in [6.45, 7) is 9.46. The molecule has 1 aliphatic heterocycles. The van der Waals surface area contributed by atoms with E-state index in [9.17, 15) is 28.8 Å². The Labute approximate surface area is 684 Å². The molecule has 1 aliphatic carbocycles. The van der Waals surface area contributed by atoms with E-state index in [1.54, 1.807) is 11.8 Å². The zero-order valence-corrected chi connectivity index (χ0v) is 72.8. The Morgan fingerprint density at radius 2 is 0.661 bits per heavy atom. The molecule has 1 aromatic rings. The molecule has 16 nitrogen and oxygen atoms in total. The van der Waals surface area contributed by atoms with Gasteiger partial charge in [0, 0.05) is 38.1 Å². The fraction of sp³-hybridized carbons (Fsp3) is 0.865. The van der Waals surface area contributed by atoms with Crippen LogP contribution in [0, 0.1) is 5.92 Å². The number of amides is 1. The summed E-state index contributed by atoms with van der Waals surface area (Å²) in [7, 11) is 0. The second-order valence-electron chi connectivity index (χ2n) is 33.8. The average molecular weight is 1580 g/mol. The van der Waals surface area contributed by atoms with Gasteiger partial charge in [-0.1, -0.05) is 405 Å². The molecule has 1 heterocycles. The Bertz CT molecular complexity index is 2330. The van der Waals surface area contributed by atoms with Crippen LogP contribution in [0.5, 0.6) is 0 Å². The minimum Gasteiger partial charge on any atom is -0.462 e. The molecule has 2 aliphatic rings. The van der Waals surface area contributed by atoms with E-state index in [0.29, 0.717) is 44.9 Å². The van der Waals surface area contributed by atoms with E-state index in [2.05, 4.69) is 33.0 Å². The highest BCUT2D eigenvalue weighted by Gasteiger charge is 2.48. The maximum Gasteiger partial charge on any atom is 0.510 e. The Morgan fingerprint density at radius 1 is 0.375 bits per heavy atom. The zero-order valence-electron chi connectivity index (χ0n) is 72.8. The molecule has 648 valence electrons. The van der Waals surface area contributed by atoms with Crippen molar-refractivity contribution in [1.29, 1.82) is 0 Å². The molecule has 0 radical (unpaired) electrons. The van der Waals surface area contributed by atoms with E-state index in [0.717, 1.165) is 102 Å². The quantitative estimate of drug-likeness (QED) is 0.0367. The molecule has 1 saturated heterocycles. The van der Waals surface area contributed by atoms with Crippen molar-refractivity contribution in [2.24, 2.45) is 5.92 Å². The smallest absolute Gasteiger partial charge is 0.462 e. The summed E-state index contributed by atoms with van der Waals surface area (Å²) in [6.07, 6.45) is 68.3. The van der Waals surface area contributed by atoms with Gasteiger partial charge in [0.1, 0.15) is 32.5 Å². The van der Waals surface area contributed by atoms with Crippen molar-refractivity contribution in [1.82, 2.24) is 10.2 Å². The number of rotatable bonds is 78. The molecule has 3 rings (SSSR count). The number of benzene rings is 1. The molecular formula is C96H170N2O14. The lowest BCUT2D eigenvalue weighted by molar-refractivity contribution is -0.169. The predicted molar refractivity (Wildman–Crippen MR) is 457 cm³/mol. The first kappa shape index (κ1) is 101. The maximum absolute atomic E-state index is 15.2. The van der Waals surface area contributed by atoms with E-state index in [1.807, 2.05) is 30.3 Å². The summed E-state index contributed by atoms with van der Waals surface area (Å²) in [5, 5.41) is 3.33. The van der Waals surface area contributed by atoms with Gasteiger partial charge < -0.3 is 38.1 Å². The number of nitrogens with one attached hydrogen (secondary N) is 1. The predicted octanol–water partition coefficient (Wildman–Crippen LogP) is 26.2. The molecule has 5 atom stereocenters. The minimum atomic E-state index is -1.16. The Morgan fingerprint density at radius 3 is 0.973 bits per heavy atom. The number of nitrogens with zero attached hydrogens (tertiary/aromatic N) is 1. The largest absolute Gasteiger partial charge is 0.510 e. The summed E-state index contributed by atoms with van der Waals surface area (Å²) in [6, 6.07) is 7.48. The lowest BCUT2D eigenvalue weighted by Crippen LogP contribution is -2.55. The summed E-state index contributed by atoms with van der Waals surface area (Å²) in [5.41, 5.74) is 0.974. The number of fused-ring (bicyclic) bond motifs is 1. The van der Waals surface area contributed by atoms with Gasteiger partial charge in [-0.05, 0) is 69.8 Å². The van der Waals surface area contributed by atoms with E-state index >= 15 is 4.79 Å². The van der Waals surface area contributed by atoms with Gasteiger partial charge in [-0.3, -0.25) is 34.1 Å². The molecule has 112 heavy (non-hydrogen) atoms. The number of aryl methyl sites for hydroxylation is 1. The number of esters is 5. The SMILES string of the molecule is CCCCCCCCCCCCCCCCCC(=O)OCC(COC(=O)CCCCCCCCCCCCCCCCC)OC(=O)[C@H](CCc1ccccc1)N[C@@H](C)C(=O)N1[C@@H](OC(=O)OC(COC(=O)CCCCCCCCCCCCCCC)COC(=O)CCCCCCCCCCCCCCC)C[C@@H]2CCCC[C@@H]21. The molecule has 0 spiro atoms. The number of hydrogen-bond donors (Lipinski definition) is 1. The number of unbranched alkanes of at least 4 members (excludes halogenated alkanes) is 52. The fourth-order valence-electron chi connectivity index (χ4n) is 16.3. The van der Waals surface area contributed by atoms with Crippen molar-refractivity contribution >= 4 is 41.9 Å². The van der Waals surface area contributed by atoms with Gasteiger partial charge in [0.25, 0.3) is 0 Å². The van der Waals surface area contributed by atoms with E-state index in [1.165, 1.54) is 257 Å². The van der Waals surface area contributed by atoms with Gasteiger partial charge in [-0.15, -0.1) is 0 Å². The van der Waals surface area contributed by atoms with Gasteiger partial charge in [0.15, 0.2) is 18.4 Å². The molecule has 0 aromatic heterocycles. The highest BCUT2D eigenvalue weighted by atomic mass is 16.7. The number of likely N-dealkylation sites (tertiary alicyclic amines) is 1. The van der Waals surface area contributed by atoms with E-state index in [-0.39, 0.29) is 76.4 Å². The van der Waals surface area contributed by atoms with Crippen molar-refractivity contribution in [3.63, 3.8) is 0 Å². The number of carbonyl (C=O) groups excluding carboxylic acids is 7. The highest BCUT2D eigenvalue weighted by Crippen LogP contribution is 2.41. The summed E-state index contributed by atoms with van der Waals surface area (Å²) >= 11 is 0. The normalized spacial score (nSPS) is 15.3. The van der Waals surface area contributed by atoms with Crippen molar-refractivity contribution < 1.29 is 66.7 Å². The Hall–Kier alpha value is -4.73. The minimum absolute atomic E-state index is 0.0408. The van der Waals surface area contributed by atoms with Crippen LogP contribution in [0.15, 0.2) is 30.3 Å². The summed E-state index contributed by atoms with van der Waals surface area (Å²) < 4.78 is 41.3. The molecule has 1 saturated carbocycles. The second-order valence-corrected chi connectivity index (χ2v) is 33.8. The number of ether oxygens (including phenoxy) is 7. The molecular weight excluding hydrogens is 1410 g/mol. The first-order valence-electron chi connectivity index (χ1n) is 47.7. The standard InChI is InChI=1S/C96H170N2O14/c1-6-10-14-18-22-26-30-34-36-40-44-48-50-54-61-71-90(99)106-78-85(79-107-91(100)72-62-55-51-49-45-41-37-35-31-27-23-19-15-11-7-2)110-95(104)87(76-75-83-67-59-58-60-68-83)97-82(5)94(103)98-88-70-66-65-69-84(88)77-89(98)112-96(105)111-86(80-108-92(101)73-63-56-52-46-42-38-32-28-24-20-16-12-8-3)81-109-93(102)74-64-57-53-47-43-39-33-29-25-21-17-13-9-4/h58-60,67-68,82,84-89,97H,6-57,61-66,69-81H2,1-5H3/t82-,84-,87-,88-,89-/m0/s1. The maximum atomic E-state index is 15.2. The molecule has 16 heteroatoms. The van der Waals surface area contributed by atoms with Gasteiger partial charge in [0.05, 0.1) is 6.04 Å². The topological polar surface area (TPSA) is 199 Å². The van der Waals surface area contributed by atoms with E-state index in [4.69, 9.17) is 33.2 Å². The van der Waals surface area contributed by atoms with Crippen LogP contribution in [-0.4, -0.2) is 110 Å². The third kappa shape index (κ3) is 55.8. The second kappa shape index (κ2) is 72.7. The third-order valence-corrected chi connectivity index (χ3v) is 23.4. The molecule has 2 fully saturated rings. The molecule has 1 amide bonds. The van der Waals surface area contributed by atoms with Crippen LogP contribution in [0.4, 0.5) is 4.79 Å². The van der Waals surface area contributed by atoms with Crippen LogP contribution in [0.1, 0.15) is 464 Å². The van der Waals surface area contributed by atoms with Crippen LogP contribution in [-0.2, 0) is 68.3 Å². The van der Waals surface area contributed by atoms with Crippen LogP contribution >= 0.6 is 0 Å². The Balaban J connectivity index is 1.69. The van der Waals surface area contributed by atoms with Gasteiger partial charge in [-0.25, -0.2) is 4.79 Å². The molecule has 0 unspecified atom stereocenters. The van der Waals surface area contributed by atoms with Crippen LogP contribution < -0.4 is 5.32 Å². The highest BCUT2D eigenvalue weighted by molar-refractivity contribution is 5.84. The number of hydrogen-bond acceptors (Lipinski definition) is 15. The van der Waals surface area contributed by atoms with Crippen LogP contribution in [0.25, 0.3) is 0 Å². The van der Waals surface area contributed by atoms with Crippen LogP contribution in [0.2, 0.25) is 0 Å². The van der Waals surface area contributed by atoms with Crippen molar-refractivity contribution in [3.05, 3.63) is 35.9 Å². The van der Waals surface area contributed by atoms with Gasteiger partial charge in [-0.2, -0.15) is 0 Å². The lowest BCUT2D eigenvalue weighted by Gasteiger charge is -2.35. The van der Waals surface area contributed by atoms with Gasteiger partial charge in [0.2, 0.25) is 5.91 Å². The first-order valence-corrected chi connectivity index (χ1v) is 47.7. The summed E-state index contributed by atoms with van der Waals surface area (Å²) in [5.74, 6) is -2.67. The van der Waals surface area contributed by atoms with Crippen molar-refractivity contribution in [2.45, 2.75) is 501 Å². The molecule has 1 aromatic carbocycles. The van der Waals surface area contributed by atoms with E-state index < -0.39 is 66.5 Å². The fourth-order valence-corrected chi connectivity index (χ4v) is 16.3. The molecule has 0 bridgehead atoms. The molecule has 1 N–H and O–H groups in total.